The van der Waals surface area contributed by atoms with E-state index in [0.717, 1.165) is 0 Å². The highest BCUT2D eigenvalue weighted by molar-refractivity contribution is 5.98. The molecule has 0 aromatic rings. The van der Waals surface area contributed by atoms with E-state index < -0.39 is 23.5 Å². The van der Waals surface area contributed by atoms with E-state index in [1.165, 1.54) is 0 Å². The predicted octanol–water partition coefficient (Wildman–Crippen LogP) is -0.551. The topological polar surface area (TPSA) is 95.5 Å². The highest BCUT2D eigenvalue weighted by Crippen LogP contribution is 2.41. The minimum absolute atomic E-state index is 0.183. The largest absolute Gasteiger partial charge is 0.481 e. The molecule has 2 rings (SSSR count). The van der Waals surface area contributed by atoms with Crippen LogP contribution in [0, 0.1) is 5.92 Å². The van der Waals surface area contributed by atoms with Crippen molar-refractivity contribution in [1.82, 2.24) is 10.6 Å². The van der Waals surface area contributed by atoms with Crippen LogP contribution in [-0.4, -0.2) is 28.6 Å². The van der Waals surface area contributed by atoms with Crippen LogP contribution in [0.2, 0.25) is 0 Å². The van der Waals surface area contributed by atoms with Crippen LogP contribution in [-0.2, 0) is 9.59 Å². The van der Waals surface area contributed by atoms with Gasteiger partial charge in [-0.05, 0) is 12.8 Å². The Morgan fingerprint density at radius 2 is 2.07 bits per heavy atom. The van der Waals surface area contributed by atoms with Gasteiger partial charge in [-0.25, -0.2) is 4.79 Å². The fourth-order valence-corrected chi connectivity index (χ4v) is 2.10. The number of urea groups is 1. The summed E-state index contributed by atoms with van der Waals surface area (Å²) in [5.41, 5.74) is -0.595. The van der Waals surface area contributed by atoms with E-state index in [1.54, 1.807) is 0 Å². The normalized spacial score (nSPS) is 35.9. The third kappa shape index (κ3) is 1.32. The third-order valence-corrected chi connectivity index (χ3v) is 2.75. The van der Waals surface area contributed by atoms with Crippen molar-refractivity contribution in [2.75, 3.05) is 0 Å². The zero-order valence-corrected chi connectivity index (χ0v) is 7.37. The van der Waals surface area contributed by atoms with Gasteiger partial charge in [0.15, 0.2) is 0 Å². The number of aliphatic carboxylic acids is 1. The molecule has 76 valence electrons. The summed E-state index contributed by atoms with van der Waals surface area (Å²) in [5.74, 6) is -1.63. The van der Waals surface area contributed by atoms with Crippen LogP contribution in [0.15, 0.2) is 0 Å². The maximum Gasteiger partial charge on any atom is 0.321 e. The van der Waals surface area contributed by atoms with Crippen molar-refractivity contribution in [2.45, 2.75) is 24.8 Å². The molecule has 1 spiro atoms. The zero-order valence-electron chi connectivity index (χ0n) is 7.37. The predicted molar refractivity (Wildman–Crippen MR) is 44.4 cm³/mol. The fourth-order valence-electron chi connectivity index (χ4n) is 2.10. The molecular weight excluding hydrogens is 188 g/mol. The molecule has 6 heteroatoms. The minimum atomic E-state index is -0.865. The first kappa shape index (κ1) is 8.98. The van der Waals surface area contributed by atoms with Gasteiger partial charge in [0.1, 0.15) is 0 Å². The highest BCUT2D eigenvalue weighted by Gasteiger charge is 2.51. The Hall–Kier alpha value is -1.59. The molecule has 0 atom stereocenters. The summed E-state index contributed by atoms with van der Waals surface area (Å²) in [4.78, 5) is 32.6. The summed E-state index contributed by atoms with van der Waals surface area (Å²) in [6, 6.07) is -0.523. The molecule has 1 saturated carbocycles. The lowest BCUT2D eigenvalue weighted by Crippen LogP contribution is -2.66. The van der Waals surface area contributed by atoms with Gasteiger partial charge in [-0.2, -0.15) is 0 Å². The van der Waals surface area contributed by atoms with Crippen LogP contribution in [0.5, 0.6) is 0 Å². The van der Waals surface area contributed by atoms with Gasteiger partial charge in [-0.3, -0.25) is 14.9 Å². The minimum Gasteiger partial charge on any atom is -0.481 e. The second kappa shape index (κ2) is 2.70. The maximum atomic E-state index is 11.0. The maximum absolute atomic E-state index is 11.0. The van der Waals surface area contributed by atoms with Crippen LogP contribution in [0.3, 0.4) is 0 Å². The molecule has 0 aromatic heterocycles. The fraction of sp³-hybridized carbons (Fsp3) is 0.625. The van der Waals surface area contributed by atoms with E-state index in [4.69, 9.17) is 5.11 Å². The Morgan fingerprint density at radius 1 is 1.43 bits per heavy atom. The van der Waals surface area contributed by atoms with Gasteiger partial charge in [0, 0.05) is 0 Å². The Morgan fingerprint density at radius 3 is 2.57 bits per heavy atom. The van der Waals surface area contributed by atoms with Crippen molar-refractivity contribution < 1.29 is 19.5 Å². The molecule has 2 fully saturated rings. The van der Waals surface area contributed by atoms with E-state index >= 15 is 0 Å². The molecular formula is C8H10N2O4. The van der Waals surface area contributed by atoms with Crippen molar-refractivity contribution in [3.8, 4) is 0 Å². The Kier molecular flexibility index (Phi) is 1.73. The number of carbonyl (C=O) groups is 3. The summed E-state index contributed by atoms with van der Waals surface area (Å²) in [6.45, 7) is 0. The van der Waals surface area contributed by atoms with Gasteiger partial charge in [0.25, 0.3) is 0 Å². The Labute approximate surface area is 79.7 Å². The standard InChI is InChI=1S/C8H10N2O4/c11-5-3-8(10-7(14)9-5)1-4(2-8)6(12)13/h4H,1-3H2,(H,12,13)(H2,9,10,11,14). The van der Waals surface area contributed by atoms with Crippen molar-refractivity contribution in [3.05, 3.63) is 0 Å². The molecule has 1 heterocycles. The molecule has 0 radical (unpaired) electrons. The monoisotopic (exact) mass is 198 g/mol. The van der Waals surface area contributed by atoms with Gasteiger partial charge < -0.3 is 10.4 Å². The number of hydrogen-bond donors (Lipinski definition) is 3. The van der Waals surface area contributed by atoms with Crippen molar-refractivity contribution in [2.24, 2.45) is 5.92 Å². The van der Waals surface area contributed by atoms with Gasteiger partial charge in [-0.15, -0.1) is 0 Å². The molecule has 3 N–H and O–H groups in total. The number of carboxylic acids is 1. The summed E-state index contributed by atoms with van der Waals surface area (Å²) >= 11 is 0. The number of nitrogens with one attached hydrogen (secondary N) is 2. The van der Waals surface area contributed by atoms with E-state index in [-0.39, 0.29) is 12.3 Å². The summed E-state index contributed by atoms with van der Waals surface area (Å²) in [6.07, 6.45) is 0.880. The van der Waals surface area contributed by atoms with Crippen LogP contribution in [0.1, 0.15) is 19.3 Å². The van der Waals surface area contributed by atoms with E-state index in [9.17, 15) is 14.4 Å². The quantitative estimate of drug-likeness (QED) is 0.526. The molecule has 6 nitrogen and oxygen atoms in total. The number of amides is 3. The lowest BCUT2D eigenvalue weighted by molar-refractivity contribution is -0.149. The number of carboxylic acid groups (broad SMARTS) is 1. The van der Waals surface area contributed by atoms with Crippen LogP contribution in [0.25, 0.3) is 0 Å². The molecule has 1 aliphatic carbocycles. The third-order valence-electron chi connectivity index (χ3n) is 2.75. The molecule has 1 saturated heterocycles. The lowest BCUT2D eigenvalue weighted by atomic mass is 9.66. The first-order valence-electron chi connectivity index (χ1n) is 4.36. The molecule has 0 unspecified atom stereocenters. The van der Waals surface area contributed by atoms with Gasteiger partial charge >= 0.3 is 12.0 Å². The number of carbonyl (C=O) groups excluding carboxylic acids is 2. The SMILES string of the molecule is O=C1CC2(CC(C(=O)O)C2)NC(=O)N1. The van der Waals surface area contributed by atoms with Crippen LogP contribution >= 0.6 is 0 Å². The van der Waals surface area contributed by atoms with E-state index in [0.29, 0.717) is 12.8 Å². The first-order valence-corrected chi connectivity index (χ1v) is 4.36. The van der Waals surface area contributed by atoms with Gasteiger partial charge in [-0.1, -0.05) is 0 Å². The highest BCUT2D eigenvalue weighted by atomic mass is 16.4. The molecule has 0 aromatic carbocycles. The number of hydrogen-bond acceptors (Lipinski definition) is 3. The lowest BCUT2D eigenvalue weighted by Gasteiger charge is -2.47. The summed E-state index contributed by atoms with van der Waals surface area (Å²) in [5, 5.41) is 13.4. The molecule has 2 aliphatic rings. The molecule has 3 amide bonds. The van der Waals surface area contributed by atoms with Crippen molar-refractivity contribution in [1.29, 1.82) is 0 Å². The number of rotatable bonds is 1. The van der Waals surface area contributed by atoms with Gasteiger partial charge in [0.2, 0.25) is 5.91 Å². The van der Waals surface area contributed by atoms with Crippen LogP contribution in [0.4, 0.5) is 4.79 Å². The smallest absolute Gasteiger partial charge is 0.321 e. The number of imide groups is 1. The second-order valence-corrected chi connectivity index (χ2v) is 3.90. The van der Waals surface area contributed by atoms with Crippen LogP contribution < -0.4 is 10.6 Å². The van der Waals surface area contributed by atoms with Crippen molar-refractivity contribution >= 4 is 17.9 Å². The average Bonchev–Trinajstić information content (AvgIpc) is 1.97. The molecule has 1 aliphatic heterocycles. The first-order chi connectivity index (χ1) is 6.51. The van der Waals surface area contributed by atoms with E-state index in [1.807, 2.05) is 0 Å². The Bertz CT molecular complexity index is 301. The summed E-state index contributed by atoms with van der Waals surface area (Å²) in [7, 11) is 0. The average molecular weight is 198 g/mol. The Balaban J connectivity index is 2.02. The van der Waals surface area contributed by atoms with Crippen molar-refractivity contribution in [3.63, 3.8) is 0 Å². The second-order valence-electron chi connectivity index (χ2n) is 3.90. The van der Waals surface area contributed by atoms with E-state index in [2.05, 4.69) is 10.6 Å². The van der Waals surface area contributed by atoms with Gasteiger partial charge in [0.05, 0.1) is 17.9 Å². The molecule has 14 heavy (non-hydrogen) atoms. The molecule has 0 bridgehead atoms. The summed E-state index contributed by atoms with van der Waals surface area (Å²) < 4.78 is 0. The zero-order chi connectivity index (χ0) is 10.3.